The number of sulfonamides is 1. The average molecular weight is 439 g/mol. The van der Waals surface area contributed by atoms with Crippen LogP contribution in [0.5, 0.6) is 5.88 Å². The molecular weight excluding hydrogens is 416 g/mol. The number of aromatic nitrogens is 2. The van der Waals surface area contributed by atoms with Gasteiger partial charge in [0.1, 0.15) is 0 Å². The lowest BCUT2D eigenvalue weighted by Gasteiger charge is -2.35. The van der Waals surface area contributed by atoms with Gasteiger partial charge in [-0.05, 0) is 30.3 Å². The Bertz CT molecular complexity index is 1100. The average Bonchev–Trinajstić information content (AvgIpc) is 2.84. The Balaban J connectivity index is 1.45. The third-order valence-corrected chi connectivity index (χ3v) is 7.07. The molecule has 0 N–H and O–H groups in total. The molecule has 0 aliphatic carbocycles. The van der Waals surface area contributed by atoms with Crippen molar-refractivity contribution in [2.75, 3.05) is 33.3 Å². The van der Waals surface area contributed by atoms with Crippen molar-refractivity contribution < 1.29 is 18.3 Å². The van der Waals surface area contributed by atoms with Crippen LogP contribution in [0.2, 0.25) is 0 Å². The quantitative estimate of drug-likeness (QED) is 0.568. The standard InChI is InChI=1S/C22H22N4O4S/c1-30-21-11-10-20(23-24-21)17-6-5-7-18(16-17)22(27)25-12-14-26(15-13-25)31(28,29)19-8-3-2-4-9-19/h2-11,16H,12-15H2,1H3. The first-order valence-electron chi connectivity index (χ1n) is 9.81. The van der Waals surface area contributed by atoms with Crippen LogP contribution in [0.15, 0.2) is 71.6 Å². The highest BCUT2D eigenvalue weighted by molar-refractivity contribution is 7.95. The normalized spacial score (nSPS) is 16.5. The van der Waals surface area contributed by atoms with E-state index in [9.17, 15) is 13.6 Å². The minimum Gasteiger partial charge on any atom is -0.593 e. The zero-order chi connectivity index (χ0) is 21.8. The Kier molecular flexibility index (Phi) is 6.08. The summed E-state index contributed by atoms with van der Waals surface area (Å²) >= 11 is 0. The summed E-state index contributed by atoms with van der Waals surface area (Å²) in [6.45, 7) is 1.17. The number of carbonyl (C=O) groups is 1. The van der Waals surface area contributed by atoms with E-state index in [0.29, 0.717) is 30.2 Å². The highest BCUT2D eigenvalue weighted by atomic mass is 32.3. The monoisotopic (exact) mass is 438 g/mol. The summed E-state index contributed by atoms with van der Waals surface area (Å²) in [5, 5.41) is 8.09. The second-order valence-corrected chi connectivity index (χ2v) is 8.99. The SMILES string of the molecule is COc1ccc(-c2cccc(C(=O)N3CCN([S+](=O)([O-])c4ccccc4)CC3)c2)nn1. The van der Waals surface area contributed by atoms with Crippen molar-refractivity contribution in [2.24, 2.45) is 0 Å². The molecule has 0 bridgehead atoms. The molecule has 1 unspecified atom stereocenters. The van der Waals surface area contributed by atoms with E-state index in [2.05, 4.69) is 10.2 Å². The van der Waals surface area contributed by atoms with E-state index < -0.39 is 10.4 Å². The predicted octanol–water partition coefficient (Wildman–Crippen LogP) is 2.51. The van der Waals surface area contributed by atoms with Crippen LogP contribution >= 0.6 is 0 Å². The Hall–Kier alpha value is -3.14. The van der Waals surface area contributed by atoms with Gasteiger partial charge in [0, 0.05) is 30.3 Å². The second-order valence-electron chi connectivity index (χ2n) is 7.05. The lowest BCUT2D eigenvalue weighted by molar-refractivity contribution is 0.0693. The summed E-state index contributed by atoms with van der Waals surface area (Å²) in [7, 11) is -2.03. The predicted molar refractivity (Wildman–Crippen MR) is 115 cm³/mol. The largest absolute Gasteiger partial charge is 0.593 e. The number of methoxy groups -OCH3 is 1. The van der Waals surface area contributed by atoms with Crippen molar-refractivity contribution in [1.29, 1.82) is 0 Å². The van der Waals surface area contributed by atoms with Crippen LogP contribution < -0.4 is 4.74 Å². The minimum absolute atomic E-state index is 0.139. The van der Waals surface area contributed by atoms with Gasteiger partial charge in [-0.25, -0.2) is 0 Å². The summed E-state index contributed by atoms with van der Waals surface area (Å²) < 4.78 is 32.0. The number of hydrogen-bond donors (Lipinski definition) is 0. The van der Waals surface area contributed by atoms with Gasteiger partial charge in [0.15, 0.2) is 15.3 Å². The van der Waals surface area contributed by atoms with Crippen molar-refractivity contribution >= 4 is 16.3 Å². The van der Waals surface area contributed by atoms with Crippen LogP contribution in [-0.4, -0.2) is 63.2 Å². The van der Waals surface area contributed by atoms with E-state index in [1.807, 2.05) is 6.07 Å². The highest BCUT2D eigenvalue weighted by Gasteiger charge is 2.34. The molecule has 31 heavy (non-hydrogen) atoms. The van der Waals surface area contributed by atoms with Crippen LogP contribution in [0.25, 0.3) is 11.3 Å². The third-order valence-electron chi connectivity index (χ3n) is 5.16. The number of carbonyl (C=O) groups excluding carboxylic acids is 1. The first kappa shape index (κ1) is 21.1. The molecule has 0 spiro atoms. The van der Waals surface area contributed by atoms with Crippen molar-refractivity contribution in [2.45, 2.75) is 4.90 Å². The van der Waals surface area contributed by atoms with Crippen molar-refractivity contribution in [1.82, 2.24) is 19.4 Å². The maximum absolute atomic E-state index is 13.0. The molecule has 1 amide bonds. The Morgan fingerprint density at radius 3 is 2.35 bits per heavy atom. The lowest BCUT2D eigenvalue weighted by Crippen LogP contribution is -2.52. The van der Waals surface area contributed by atoms with Crippen molar-refractivity contribution in [3.05, 3.63) is 72.3 Å². The molecule has 2 heterocycles. The third kappa shape index (κ3) is 4.48. The fraction of sp³-hybridized carbons (Fsp3) is 0.227. The van der Waals surface area contributed by atoms with E-state index >= 15 is 0 Å². The number of rotatable bonds is 5. The van der Waals surface area contributed by atoms with Crippen LogP contribution in [-0.2, 0) is 14.6 Å². The fourth-order valence-electron chi connectivity index (χ4n) is 3.45. The van der Waals surface area contributed by atoms with Gasteiger partial charge in [-0.2, -0.15) is 0 Å². The van der Waals surface area contributed by atoms with E-state index in [1.54, 1.807) is 65.6 Å². The molecule has 160 valence electrons. The highest BCUT2D eigenvalue weighted by Crippen LogP contribution is 2.24. The molecule has 9 heteroatoms. The topological polar surface area (TPSA) is 98.7 Å². The Morgan fingerprint density at radius 1 is 0.968 bits per heavy atom. The summed E-state index contributed by atoms with van der Waals surface area (Å²) in [4.78, 5) is 15.0. The van der Waals surface area contributed by atoms with Crippen molar-refractivity contribution in [3.63, 3.8) is 0 Å². The van der Waals surface area contributed by atoms with Crippen LogP contribution in [0.4, 0.5) is 0 Å². The molecule has 3 aromatic rings. The maximum atomic E-state index is 13.0. The van der Waals surface area contributed by atoms with Gasteiger partial charge in [0.2, 0.25) is 5.88 Å². The van der Waals surface area contributed by atoms with Crippen molar-refractivity contribution in [3.8, 4) is 17.1 Å². The molecule has 2 aromatic carbocycles. The van der Waals surface area contributed by atoms with Gasteiger partial charge in [-0.15, -0.1) is 14.5 Å². The maximum Gasteiger partial charge on any atom is 0.253 e. The zero-order valence-corrected chi connectivity index (χ0v) is 17.8. The summed E-state index contributed by atoms with van der Waals surface area (Å²) in [6, 6.07) is 19.0. The zero-order valence-electron chi connectivity index (χ0n) is 17.0. The van der Waals surface area contributed by atoms with Gasteiger partial charge < -0.3 is 14.2 Å². The molecule has 1 fully saturated rings. The van der Waals surface area contributed by atoms with Gasteiger partial charge in [0.05, 0.1) is 25.9 Å². The van der Waals surface area contributed by atoms with Crippen LogP contribution in [0, 0.1) is 0 Å². The van der Waals surface area contributed by atoms with Gasteiger partial charge in [0.25, 0.3) is 5.91 Å². The van der Waals surface area contributed by atoms with E-state index in [1.165, 1.54) is 11.4 Å². The van der Waals surface area contributed by atoms with Crippen LogP contribution in [0.3, 0.4) is 0 Å². The number of hydrogen-bond acceptors (Lipinski definition) is 6. The van der Waals surface area contributed by atoms with E-state index in [0.717, 1.165) is 5.56 Å². The second kappa shape index (κ2) is 8.93. The van der Waals surface area contributed by atoms with E-state index in [-0.39, 0.29) is 23.9 Å². The van der Waals surface area contributed by atoms with Gasteiger partial charge >= 0.3 is 0 Å². The molecule has 0 radical (unpaired) electrons. The molecule has 1 saturated heterocycles. The summed E-state index contributed by atoms with van der Waals surface area (Å²) in [6.07, 6.45) is 0. The summed E-state index contributed by atoms with van der Waals surface area (Å²) in [5.41, 5.74) is 1.93. The first-order valence-corrected chi connectivity index (χ1v) is 11.3. The van der Waals surface area contributed by atoms with E-state index in [4.69, 9.17) is 4.74 Å². The van der Waals surface area contributed by atoms with Gasteiger partial charge in [-0.1, -0.05) is 34.5 Å². The first-order chi connectivity index (χ1) is 15.0. The van der Waals surface area contributed by atoms with Crippen LogP contribution in [0.1, 0.15) is 10.4 Å². The Morgan fingerprint density at radius 2 is 1.71 bits per heavy atom. The fourth-order valence-corrected chi connectivity index (χ4v) is 4.89. The smallest absolute Gasteiger partial charge is 0.253 e. The number of benzene rings is 2. The Labute approximate surface area is 181 Å². The molecule has 8 nitrogen and oxygen atoms in total. The molecule has 1 aliphatic rings. The number of amides is 1. The van der Waals surface area contributed by atoms with Gasteiger partial charge in [-0.3, -0.25) is 4.79 Å². The molecule has 4 rings (SSSR count). The molecule has 0 saturated carbocycles. The lowest BCUT2D eigenvalue weighted by atomic mass is 10.1. The molecular formula is C22H22N4O4S. The molecule has 1 aliphatic heterocycles. The number of piperazine rings is 1. The summed E-state index contributed by atoms with van der Waals surface area (Å²) in [5.74, 6) is 0.277. The number of ether oxygens (including phenoxy) is 1. The molecule has 1 atom stereocenters. The number of nitrogens with zero attached hydrogens (tertiary/aromatic N) is 4. The minimum atomic E-state index is -3.55. The molecule has 1 aromatic heterocycles.